The van der Waals surface area contributed by atoms with Crippen LogP contribution in [0.25, 0.3) is 0 Å². The predicted octanol–water partition coefficient (Wildman–Crippen LogP) is 1.49. The number of carbonyl (C=O) groups is 1. The highest BCUT2D eigenvalue weighted by molar-refractivity contribution is 5.94. The van der Waals surface area contributed by atoms with Crippen molar-refractivity contribution in [2.45, 2.75) is 12.8 Å². The summed E-state index contributed by atoms with van der Waals surface area (Å²) in [6, 6.07) is 5.30. The highest BCUT2D eigenvalue weighted by Crippen LogP contribution is 2.32. The molecule has 0 aliphatic carbocycles. The molecule has 2 aliphatic rings. The number of hydrogen-bond acceptors (Lipinski definition) is 4. The van der Waals surface area contributed by atoms with Gasteiger partial charge in [0, 0.05) is 12.1 Å². The van der Waals surface area contributed by atoms with Crippen LogP contribution in [0.2, 0.25) is 0 Å². The Kier molecular flexibility index (Phi) is 3.78. The number of amides is 1. The molecule has 1 fully saturated rings. The third-order valence-corrected chi connectivity index (χ3v) is 4.02. The largest absolute Gasteiger partial charge is 0.454 e. The fourth-order valence-corrected chi connectivity index (χ4v) is 2.64. The summed E-state index contributed by atoms with van der Waals surface area (Å²) >= 11 is 0. The zero-order valence-electron chi connectivity index (χ0n) is 11.7. The predicted molar refractivity (Wildman–Crippen MR) is 75.1 cm³/mol. The smallest absolute Gasteiger partial charge is 0.251 e. The van der Waals surface area contributed by atoms with Gasteiger partial charge in [0.25, 0.3) is 5.91 Å². The van der Waals surface area contributed by atoms with Crippen LogP contribution in [0, 0.1) is 5.92 Å². The molecule has 1 amide bonds. The first kappa shape index (κ1) is 13.2. The van der Waals surface area contributed by atoms with E-state index in [9.17, 15) is 4.79 Å². The van der Waals surface area contributed by atoms with E-state index in [0.717, 1.165) is 32.5 Å². The van der Waals surface area contributed by atoms with Gasteiger partial charge in [0.1, 0.15) is 0 Å². The zero-order valence-corrected chi connectivity index (χ0v) is 11.7. The number of rotatable bonds is 3. The quantitative estimate of drug-likeness (QED) is 0.908. The van der Waals surface area contributed by atoms with Crippen molar-refractivity contribution >= 4 is 5.91 Å². The van der Waals surface area contributed by atoms with Crippen molar-refractivity contribution in [3.05, 3.63) is 23.8 Å². The van der Waals surface area contributed by atoms with E-state index in [-0.39, 0.29) is 12.7 Å². The summed E-state index contributed by atoms with van der Waals surface area (Å²) < 4.78 is 10.5. The normalized spacial score (nSPS) is 19.1. The highest BCUT2D eigenvalue weighted by atomic mass is 16.7. The van der Waals surface area contributed by atoms with Gasteiger partial charge in [-0.15, -0.1) is 0 Å². The van der Waals surface area contributed by atoms with Crippen LogP contribution >= 0.6 is 0 Å². The van der Waals surface area contributed by atoms with Gasteiger partial charge in [-0.1, -0.05) is 0 Å². The Morgan fingerprint density at radius 3 is 2.85 bits per heavy atom. The number of benzene rings is 1. The second kappa shape index (κ2) is 5.71. The molecule has 0 radical (unpaired) electrons. The summed E-state index contributed by atoms with van der Waals surface area (Å²) in [6.07, 6.45) is 2.30. The van der Waals surface area contributed by atoms with Gasteiger partial charge in [0.2, 0.25) is 6.79 Å². The topological polar surface area (TPSA) is 50.8 Å². The van der Waals surface area contributed by atoms with E-state index >= 15 is 0 Å². The molecular weight excluding hydrogens is 256 g/mol. The van der Waals surface area contributed by atoms with E-state index < -0.39 is 0 Å². The molecule has 0 atom stereocenters. The first-order valence-electron chi connectivity index (χ1n) is 7.09. The molecule has 2 heterocycles. The van der Waals surface area contributed by atoms with Gasteiger partial charge >= 0.3 is 0 Å². The van der Waals surface area contributed by atoms with Crippen molar-refractivity contribution in [2.75, 3.05) is 33.5 Å². The molecule has 3 rings (SSSR count). The Balaban J connectivity index is 1.54. The van der Waals surface area contributed by atoms with Crippen LogP contribution in [0.1, 0.15) is 23.2 Å². The maximum absolute atomic E-state index is 12.1. The molecule has 0 unspecified atom stereocenters. The minimum atomic E-state index is -0.0396. The van der Waals surface area contributed by atoms with Crippen molar-refractivity contribution in [1.29, 1.82) is 0 Å². The number of hydrogen-bond donors (Lipinski definition) is 1. The molecule has 0 saturated carbocycles. The Hall–Kier alpha value is -1.75. The van der Waals surface area contributed by atoms with Gasteiger partial charge in [-0.2, -0.15) is 0 Å². The first-order valence-corrected chi connectivity index (χ1v) is 7.09. The number of likely N-dealkylation sites (tertiary alicyclic amines) is 1. The fourth-order valence-electron chi connectivity index (χ4n) is 2.64. The first-order chi connectivity index (χ1) is 9.72. The van der Waals surface area contributed by atoms with E-state index in [0.29, 0.717) is 23.0 Å². The van der Waals surface area contributed by atoms with Crippen molar-refractivity contribution < 1.29 is 14.3 Å². The van der Waals surface area contributed by atoms with Crippen molar-refractivity contribution in [1.82, 2.24) is 10.2 Å². The van der Waals surface area contributed by atoms with Crippen LogP contribution in [0.3, 0.4) is 0 Å². The molecule has 1 saturated heterocycles. The number of nitrogens with one attached hydrogen (secondary N) is 1. The van der Waals surface area contributed by atoms with Crippen molar-refractivity contribution in [3.8, 4) is 11.5 Å². The summed E-state index contributed by atoms with van der Waals surface area (Å²) in [6.45, 7) is 3.21. The van der Waals surface area contributed by atoms with E-state index in [2.05, 4.69) is 17.3 Å². The molecule has 1 aromatic carbocycles. The lowest BCUT2D eigenvalue weighted by molar-refractivity contribution is 0.0938. The van der Waals surface area contributed by atoms with Crippen molar-refractivity contribution in [3.63, 3.8) is 0 Å². The zero-order chi connectivity index (χ0) is 13.9. The summed E-state index contributed by atoms with van der Waals surface area (Å²) in [5.41, 5.74) is 0.627. The minimum absolute atomic E-state index is 0.0396. The molecule has 0 aromatic heterocycles. The maximum atomic E-state index is 12.1. The lowest BCUT2D eigenvalue weighted by Gasteiger charge is -2.28. The van der Waals surface area contributed by atoms with Crippen LogP contribution < -0.4 is 14.8 Å². The molecule has 1 N–H and O–H groups in total. The summed E-state index contributed by atoms with van der Waals surface area (Å²) in [7, 11) is 2.14. The second-order valence-corrected chi connectivity index (χ2v) is 5.52. The Bertz CT molecular complexity index is 496. The van der Waals surface area contributed by atoms with Gasteiger partial charge in [-0.3, -0.25) is 4.79 Å². The summed E-state index contributed by atoms with van der Waals surface area (Å²) in [5.74, 6) is 1.90. The number of fused-ring (bicyclic) bond motifs is 1. The van der Waals surface area contributed by atoms with Crippen LogP contribution in [0.5, 0.6) is 11.5 Å². The fraction of sp³-hybridized carbons (Fsp3) is 0.533. The van der Waals surface area contributed by atoms with Gasteiger partial charge in [0.15, 0.2) is 11.5 Å². The van der Waals surface area contributed by atoms with Crippen LogP contribution in [-0.4, -0.2) is 44.3 Å². The van der Waals surface area contributed by atoms with E-state index in [4.69, 9.17) is 9.47 Å². The van der Waals surface area contributed by atoms with Crippen LogP contribution in [-0.2, 0) is 0 Å². The minimum Gasteiger partial charge on any atom is -0.454 e. The Labute approximate surface area is 118 Å². The lowest BCUT2D eigenvalue weighted by atomic mass is 9.97. The van der Waals surface area contributed by atoms with Gasteiger partial charge < -0.3 is 19.7 Å². The number of piperidine rings is 1. The van der Waals surface area contributed by atoms with Crippen LogP contribution in [0.4, 0.5) is 0 Å². The average Bonchev–Trinajstić information content (AvgIpc) is 2.93. The van der Waals surface area contributed by atoms with Gasteiger partial charge in [-0.05, 0) is 57.1 Å². The molecule has 5 nitrogen and oxygen atoms in total. The average molecular weight is 276 g/mol. The maximum Gasteiger partial charge on any atom is 0.251 e. The number of ether oxygens (including phenoxy) is 2. The molecule has 20 heavy (non-hydrogen) atoms. The van der Waals surface area contributed by atoms with E-state index in [1.807, 2.05) is 0 Å². The molecule has 2 aliphatic heterocycles. The van der Waals surface area contributed by atoms with Gasteiger partial charge in [-0.25, -0.2) is 0 Å². The molecule has 1 aromatic rings. The summed E-state index contributed by atoms with van der Waals surface area (Å²) in [5, 5.41) is 3.02. The third kappa shape index (κ3) is 2.88. The van der Waals surface area contributed by atoms with Gasteiger partial charge in [0.05, 0.1) is 0 Å². The third-order valence-electron chi connectivity index (χ3n) is 4.02. The molecule has 5 heteroatoms. The SMILES string of the molecule is CN1CCC(CNC(=O)c2ccc3c(c2)OCO3)CC1. The monoisotopic (exact) mass is 276 g/mol. The Morgan fingerprint density at radius 2 is 2.05 bits per heavy atom. The molecule has 0 bridgehead atoms. The summed E-state index contributed by atoms with van der Waals surface area (Å²) in [4.78, 5) is 14.5. The van der Waals surface area contributed by atoms with E-state index in [1.54, 1.807) is 18.2 Å². The molecular formula is C15H20N2O3. The lowest BCUT2D eigenvalue weighted by Crippen LogP contribution is -2.36. The van der Waals surface area contributed by atoms with Crippen molar-refractivity contribution in [2.24, 2.45) is 5.92 Å². The number of nitrogens with zero attached hydrogens (tertiary/aromatic N) is 1. The standard InChI is InChI=1S/C15H20N2O3/c1-17-6-4-11(5-7-17)9-16-15(18)12-2-3-13-14(8-12)20-10-19-13/h2-3,8,11H,4-7,9-10H2,1H3,(H,16,18). The molecule has 0 spiro atoms. The number of carbonyl (C=O) groups excluding carboxylic acids is 1. The Morgan fingerprint density at radius 1 is 1.30 bits per heavy atom. The highest BCUT2D eigenvalue weighted by Gasteiger charge is 2.19. The second-order valence-electron chi connectivity index (χ2n) is 5.52. The van der Waals surface area contributed by atoms with E-state index in [1.165, 1.54) is 0 Å². The molecule has 108 valence electrons. The van der Waals surface area contributed by atoms with Crippen LogP contribution in [0.15, 0.2) is 18.2 Å².